The van der Waals surface area contributed by atoms with Gasteiger partial charge in [0.2, 0.25) is 5.91 Å². The van der Waals surface area contributed by atoms with Crippen LogP contribution < -0.4 is 0 Å². The molecule has 0 bridgehead atoms. The largest absolute Gasteiger partial charge is 0.339 e. The number of carbonyl (C=O) groups is 3. The monoisotopic (exact) mass is 374 g/mol. The van der Waals surface area contributed by atoms with Crippen LogP contribution >= 0.6 is 0 Å². The summed E-state index contributed by atoms with van der Waals surface area (Å²) < 4.78 is 0. The van der Waals surface area contributed by atoms with E-state index in [1.807, 2.05) is 6.08 Å². The fourth-order valence-electron chi connectivity index (χ4n) is 2.70. The van der Waals surface area contributed by atoms with Gasteiger partial charge in [-0.1, -0.05) is 25.8 Å². The predicted molar refractivity (Wildman–Crippen MR) is 112 cm³/mol. The number of allylic oxidation sites excluding steroid dienone is 2. The first-order valence-electron chi connectivity index (χ1n) is 9.48. The molecule has 5 nitrogen and oxygen atoms in total. The predicted octanol–water partition coefficient (Wildman–Crippen LogP) is 3.34. The lowest BCUT2D eigenvalue weighted by Gasteiger charge is -2.28. The molecule has 27 heavy (non-hydrogen) atoms. The first-order valence-corrected chi connectivity index (χ1v) is 9.48. The second-order valence-electron chi connectivity index (χ2n) is 6.44. The van der Waals surface area contributed by atoms with Gasteiger partial charge in [0.05, 0.1) is 0 Å². The first-order chi connectivity index (χ1) is 12.9. The number of rotatable bonds is 17. The van der Waals surface area contributed by atoms with Crippen LogP contribution in [-0.4, -0.2) is 59.5 Å². The van der Waals surface area contributed by atoms with Gasteiger partial charge in [0.1, 0.15) is 0 Å². The Morgan fingerprint density at radius 3 is 1.74 bits per heavy atom. The Kier molecular flexibility index (Phi) is 13.6. The molecule has 0 saturated heterocycles. The quantitative estimate of drug-likeness (QED) is 0.289. The van der Waals surface area contributed by atoms with E-state index in [-0.39, 0.29) is 23.5 Å². The second kappa shape index (κ2) is 14.9. The number of ketones is 2. The zero-order valence-electron chi connectivity index (χ0n) is 16.7. The van der Waals surface area contributed by atoms with Crippen LogP contribution in [0.15, 0.2) is 50.6 Å². The number of hydrogen-bond acceptors (Lipinski definition) is 4. The average molecular weight is 375 g/mol. The van der Waals surface area contributed by atoms with Crippen molar-refractivity contribution in [2.24, 2.45) is 0 Å². The van der Waals surface area contributed by atoms with Crippen molar-refractivity contribution in [1.29, 1.82) is 0 Å². The normalized spacial score (nSPS) is 11.5. The third-order valence-corrected chi connectivity index (χ3v) is 4.45. The molecule has 0 aromatic heterocycles. The van der Waals surface area contributed by atoms with Gasteiger partial charge in [-0.25, -0.2) is 0 Å². The molecule has 0 aliphatic heterocycles. The third-order valence-electron chi connectivity index (χ3n) is 4.45. The minimum absolute atomic E-state index is 0.0129. The van der Waals surface area contributed by atoms with Crippen molar-refractivity contribution >= 4 is 17.5 Å². The van der Waals surface area contributed by atoms with Crippen LogP contribution in [0.25, 0.3) is 0 Å². The highest BCUT2D eigenvalue weighted by molar-refractivity contribution is 5.89. The van der Waals surface area contributed by atoms with E-state index >= 15 is 0 Å². The SMILES string of the molecule is C=CC(=O)CCCN(CCCN(CCCC(=O)C=C)C(C)C=C)C(=O)C=C. The molecule has 0 aromatic rings. The maximum absolute atomic E-state index is 12.0. The molecule has 5 heteroatoms. The smallest absolute Gasteiger partial charge is 0.245 e. The highest BCUT2D eigenvalue weighted by Gasteiger charge is 2.14. The topological polar surface area (TPSA) is 57.7 Å². The zero-order valence-corrected chi connectivity index (χ0v) is 16.7. The molecule has 0 radical (unpaired) electrons. The lowest BCUT2D eigenvalue weighted by molar-refractivity contribution is -0.126. The summed E-state index contributed by atoms with van der Waals surface area (Å²) in [5.41, 5.74) is 0. The second-order valence-corrected chi connectivity index (χ2v) is 6.44. The van der Waals surface area contributed by atoms with Crippen LogP contribution in [0.5, 0.6) is 0 Å². The lowest BCUT2D eigenvalue weighted by Crippen LogP contribution is -2.37. The Morgan fingerprint density at radius 1 is 0.778 bits per heavy atom. The molecule has 0 heterocycles. The number of hydrogen-bond donors (Lipinski definition) is 0. The van der Waals surface area contributed by atoms with Crippen LogP contribution in [0.4, 0.5) is 0 Å². The van der Waals surface area contributed by atoms with Crippen molar-refractivity contribution in [3.05, 3.63) is 50.6 Å². The highest BCUT2D eigenvalue weighted by atomic mass is 16.2. The Labute approximate surface area is 164 Å². The van der Waals surface area contributed by atoms with Crippen LogP contribution in [-0.2, 0) is 14.4 Å². The van der Waals surface area contributed by atoms with Crippen LogP contribution in [0.2, 0.25) is 0 Å². The lowest BCUT2D eigenvalue weighted by atomic mass is 10.1. The van der Waals surface area contributed by atoms with Gasteiger partial charge < -0.3 is 4.90 Å². The van der Waals surface area contributed by atoms with Gasteiger partial charge in [-0.2, -0.15) is 0 Å². The van der Waals surface area contributed by atoms with E-state index in [2.05, 4.69) is 38.1 Å². The Balaban J connectivity index is 4.54. The van der Waals surface area contributed by atoms with E-state index in [1.165, 1.54) is 18.2 Å². The van der Waals surface area contributed by atoms with Gasteiger partial charge in [0.15, 0.2) is 11.6 Å². The van der Waals surface area contributed by atoms with Gasteiger partial charge in [-0.15, -0.1) is 6.58 Å². The van der Waals surface area contributed by atoms with E-state index in [0.29, 0.717) is 32.4 Å². The summed E-state index contributed by atoms with van der Waals surface area (Å²) in [6, 6.07) is 0.192. The first kappa shape index (κ1) is 24.7. The zero-order chi connectivity index (χ0) is 20.7. The minimum atomic E-state index is -0.124. The number of nitrogens with zero attached hydrogens (tertiary/aromatic N) is 2. The van der Waals surface area contributed by atoms with E-state index < -0.39 is 0 Å². The van der Waals surface area contributed by atoms with E-state index in [4.69, 9.17) is 0 Å². The van der Waals surface area contributed by atoms with Crippen LogP contribution in [0, 0.1) is 0 Å². The molecule has 0 spiro atoms. The Hall–Kier alpha value is -2.27. The van der Waals surface area contributed by atoms with Crippen LogP contribution in [0.1, 0.15) is 39.0 Å². The fourth-order valence-corrected chi connectivity index (χ4v) is 2.70. The molecule has 0 aliphatic carbocycles. The highest BCUT2D eigenvalue weighted by Crippen LogP contribution is 2.07. The van der Waals surface area contributed by atoms with Gasteiger partial charge in [-0.3, -0.25) is 19.3 Å². The summed E-state index contributed by atoms with van der Waals surface area (Å²) in [7, 11) is 0. The van der Waals surface area contributed by atoms with Gasteiger partial charge >= 0.3 is 0 Å². The molecule has 0 rings (SSSR count). The molecule has 1 unspecified atom stereocenters. The van der Waals surface area contributed by atoms with Crippen molar-refractivity contribution in [2.75, 3.05) is 26.2 Å². The summed E-state index contributed by atoms with van der Waals surface area (Å²) in [5.74, 6) is -0.0833. The van der Waals surface area contributed by atoms with Crippen molar-refractivity contribution in [3.63, 3.8) is 0 Å². The average Bonchev–Trinajstić information content (AvgIpc) is 2.69. The van der Waals surface area contributed by atoms with Gasteiger partial charge in [0.25, 0.3) is 0 Å². The minimum Gasteiger partial charge on any atom is -0.339 e. The van der Waals surface area contributed by atoms with Crippen molar-refractivity contribution in [2.45, 2.75) is 45.1 Å². The number of amides is 1. The summed E-state index contributed by atoms with van der Waals surface area (Å²) >= 11 is 0. The van der Waals surface area contributed by atoms with Crippen molar-refractivity contribution < 1.29 is 14.4 Å². The molecular weight excluding hydrogens is 340 g/mol. The molecular formula is C22H34N2O3. The molecule has 0 fully saturated rings. The van der Waals surface area contributed by atoms with E-state index in [9.17, 15) is 14.4 Å². The summed E-state index contributed by atoms with van der Waals surface area (Å²) in [6.45, 7) is 19.1. The maximum atomic E-state index is 12.0. The van der Waals surface area contributed by atoms with Crippen molar-refractivity contribution in [1.82, 2.24) is 9.80 Å². The fraction of sp³-hybridized carbons (Fsp3) is 0.500. The standard InChI is InChI=1S/C22H34N2O3/c1-6-19(5)23(15-10-13-20(25)7-2)17-12-18-24(22(27)9-4)16-11-14-21(26)8-3/h6-9,19H,1-4,10-18H2,5H3. The van der Waals surface area contributed by atoms with Gasteiger partial charge in [0, 0.05) is 38.5 Å². The van der Waals surface area contributed by atoms with E-state index in [0.717, 1.165) is 25.9 Å². The third kappa shape index (κ3) is 11.1. The molecule has 1 amide bonds. The molecule has 0 saturated carbocycles. The van der Waals surface area contributed by atoms with E-state index in [1.54, 1.807) is 4.90 Å². The summed E-state index contributed by atoms with van der Waals surface area (Å²) in [6.07, 6.45) is 8.90. The molecule has 0 N–H and O–H groups in total. The molecule has 0 aliphatic rings. The van der Waals surface area contributed by atoms with Crippen molar-refractivity contribution in [3.8, 4) is 0 Å². The molecule has 150 valence electrons. The number of carbonyl (C=O) groups excluding carboxylic acids is 3. The van der Waals surface area contributed by atoms with Gasteiger partial charge in [-0.05, 0) is 51.0 Å². The molecule has 1 atom stereocenters. The summed E-state index contributed by atoms with van der Waals surface area (Å²) in [4.78, 5) is 38.7. The van der Waals surface area contributed by atoms with Crippen LogP contribution in [0.3, 0.4) is 0 Å². The maximum Gasteiger partial charge on any atom is 0.245 e. The Morgan fingerprint density at radius 2 is 1.26 bits per heavy atom. The molecule has 0 aromatic carbocycles. The Bertz CT molecular complexity index is 540. The summed E-state index contributed by atoms with van der Waals surface area (Å²) in [5, 5.41) is 0.